The molecule has 0 N–H and O–H groups in total. The van der Waals surface area contributed by atoms with Crippen molar-refractivity contribution >= 4 is 10.8 Å². The maximum absolute atomic E-state index is 13.7. The highest BCUT2D eigenvalue weighted by molar-refractivity contribution is 5.92. The molecule has 0 saturated carbocycles. The molecule has 3 aromatic carbocycles. The lowest BCUT2D eigenvalue weighted by atomic mass is 10.0. The summed E-state index contributed by atoms with van der Waals surface area (Å²) < 4.78 is 32.3. The molecule has 0 aliphatic heterocycles. The molecule has 0 saturated heterocycles. The van der Waals surface area contributed by atoms with Gasteiger partial charge in [-0.3, -0.25) is 0 Å². The van der Waals surface area contributed by atoms with Crippen LogP contribution in [0.2, 0.25) is 0 Å². The maximum Gasteiger partial charge on any atom is 0.166 e. The van der Waals surface area contributed by atoms with Crippen LogP contribution in [0.4, 0.5) is 8.78 Å². The first kappa shape index (κ1) is 13.1. The van der Waals surface area contributed by atoms with Gasteiger partial charge in [0.25, 0.3) is 0 Å². The Morgan fingerprint density at radius 1 is 0.857 bits per heavy atom. The Bertz CT molecular complexity index is 868. The van der Waals surface area contributed by atoms with Crippen molar-refractivity contribution < 1.29 is 13.5 Å². The van der Waals surface area contributed by atoms with Crippen LogP contribution in [-0.2, 0) is 0 Å². The highest BCUT2D eigenvalue weighted by atomic mass is 19.1. The van der Waals surface area contributed by atoms with E-state index in [1.807, 2.05) is 0 Å². The fourth-order valence-corrected chi connectivity index (χ4v) is 2.13. The van der Waals surface area contributed by atoms with Crippen molar-refractivity contribution in [1.82, 2.24) is 0 Å². The van der Waals surface area contributed by atoms with E-state index in [9.17, 15) is 8.78 Å². The number of hydrogen-bond donors (Lipinski definition) is 0. The van der Waals surface area contributed by atoms with Crippen molar-refractivity contribution in [1.29, 1.82) is 5.26 Å². The van der Waals surface area contributed by atoms with Crippen molar-refractivity contribution in [2.45, 2.75) is 0 Å². The van der Waals surface area contributed by atoms with Gasteiger partial charge < -0.3 is 4.74 Å². The van der Waals surface area contributed by atoms with Crippen molar-refractivity contribution in [3.05, 3.63) is 71.8 Å². The molecule has 0 amide bonds. The number of benzene rings is 3. The van der Waals surface area contributed by atoms with Crippen LogP contribution in [0.1, 0.15) is 5.56 Å². The lowest BCUT2D eigenvalue weighted by Crippen LogP contribution is -1.91. The molecule has 0 unspecified atom stereocenters. The summed E-state index contributed by atoms with van der Waals surface area (Å²) in [6.07, 6.45) is 0. The summed E-state index contributed by atoms with van der Waals surface area (Å²) in [5, 5.41) is 10.5. The zero-order chi connectivity index (χ0) is 14.8. The van der Waals surface area contributed by atoms with Gasteiger partial charge in [-0.05, 0) is 24.3 Å². The SMILES string of the molecule is N#Cc1ccc(Oc2cc(F)ccc2F)c2ccccc12. The minimum absolute atomic E-state index is 0.190. The molecule has 2 nitrogen and oxygen atoms in total. The van der Waals surface area contributed by atoms with Gasteiger partial charge in [-0.2, -0.15) is 5.26 Å². The first-order valence-corrected chi connectivity index (χ1v) is 6.24. The van der Waals surface area contributed by atoms with Crippen LogP contribution < -0.4 is 4.74 Å². The van der Waals surface area contributed by atoms with Crippen LogP contribution in [0.15, 0.2) is 54.6 Å². The van der Waals surface area contributed by atoms with E-state index in [-0.39, 0.29) is 5.75 Å². The molecule has 0 aromatic heterocycles. The second-order valence-electron chi connectivity index (χ2n) is 4.45. The van der Waals surface area contributed by atoms with Crippen LogP contribution in [0.3, 0.4) is 0 Å². The van der Waals surface area contributed by atoms with Gasteiger partial charge in [0.05, 0.1) is 11.6 Å². The summed E-state index contributed by atoms with van der Waals surface area (Å²) in [6, 6.07) is 15.4. The second kappa shape index (κ2) is 5.22. The van der Waals surface area contributed by atoms with Crippen molar-refractivity contribution in [2.24, 2.45) is 0 Å². The van der Waals surface area contributed by atoms with E-state index in [0.717, 1.165) is 18.2 Å². The monoisotopic (exact) mass is 281 g/mol. The molecule has 0 heterocycles. The third-order valence-electron chi connectivity index (χ3n) is 3.12. The van der Waals surface area contributed by atoms with Gasteiger partial charge >= 0.3 is 0 Å². The van der Waals surface area contributed by atoms with Crippen molar-refractivity contribution in [3.63, 3.8) is 0 Å². The molecule has 0 spiro atoms. The van der Waals surface area contributed by atoms with Crippen molar-refractivity contribution in [2.75, 3.05) is 0 Å². The Morgan fingerprint density at radius 3 is 2.38 bits per heavy atom. The van der Waals surface area contributed by atoms with Crippen LogP contribution in [0, 0.1) is 23.0 Å². The number of rotatable bonds is 2. The Morgan fingerprint density at radius 2 is 1.62 bits per heavy atom. The first-order valence-electron chi connectivity index (χ1n) is 6.24. The molecular formula is C17H9F2NO. The smallest absolute Gasteiger partial charge is 0.166 e. The van der Waals surface area contributed by atoms with E-state index in [2.05, 4.69) is 6.07 Å². The summed E-state index contributed by atoms with van der Waals surface area (Å²) in [5.41, 5.74) is 0.498. The number of nitriles is 1. The van der Waals surface area contributed by atoms with E-state index in [4.69, 9.17) is 10.00 Å². The zero-order valence-electron chi connectivity index (χ0n) is 10.8. The fourth-order valence-electron chi connectivity index (χ4n) is 2.13. The third-order valence-corrected chi connectivity index (χ3v) is 3.12. The van der Waals surface area contributed by atoms with E-state index < -0.39 is 11.6 Å². The summed E-state index contributed by atoms with van der Waals surface area (Å²) in [4.78, 5) is 0. The average Bonchev–Trinajstić information content (AvgIpc) is 2.51. The summed E-state index contributed by atoms with van der Waals surface area (Å²) in [5.74, 6) is -1.05. The molecule has 3 aromatic rings. The quantitative estimate of drug-likeness (QED) is 0.677. The lowest BCUT2D eigenvalue weighted by molar-refractivity contribution is 0.440. The van der Waals surface area contributed by atoms with Gasteiger partial charge in [0.15, 0.2) is 11.6 Å². The Labute approximate surface area is 119 Å². The predicted molar refractivity (Wildman–Crippen MR) is 75.1 cm³/mol. The fraction of sp³-hybridized carbons (Fsp3) is 0. The average molecular weight is 281 g/mol. The van der Waals surface area contributed by atoms with Crippen LogP contribution >= 0.6 is 0 Å². The molecule has 0 atom stereocenters. The molecule has 0 bridgehead atoms. The van der Waals surface area contributed by atoms with Crippen LogP contribution in [0.5, 0.6) is 11.5 Å². The van der Waals surface area contributed by atoms with Crippen molar-refractivity contribution in [3.8, 4) is 17.6 Å². The number of hydrogen-bond acceptors (Lipinski definition) is 2. The molecule has 4 heteroatoms. The van der Waals surface area contributed by atoms with E-state index >= 15 is 0 Å². The van der Waals surface area contributed by atoms with Gasteiger partial charge in [0, 0.05) is 16.8 Å². The van der Waals surface area contributed by atoms with Gasteiger partial charge in [-0.1, -0.05) is 24.3 Å². The molecule has 0 fully saturated rings. The van der Waals surface area contributed by atoms with Crippen LogP contribution in [-0.4, -0.2) is 0 Å². The number of halogens is 2. The standard InChI is InChI=1S/C17H9F2NO/c18-12-6-7-15(19)17(9-12)21-16-8-5-11(10-20)13-3-1-2-4-14(13)16/h1-9H. The van der Waals surface area contributed by atoms with Gasteiger partial charge in [-0.25, -0.2) is 8.78 Å². The third kappa shape index (κ3) is 2.41. The topological polar surface area (TPSA) is 33.0 Å². The molecule has 21 heavy (non-hydrogen) atoms. The predicted octanol–water partition coefficient (Wildman–Crippen LogP) is 4.78. The van der Waals surface area contributed by atoms with Gasteiger partial charge in [-0.15, -0.1) is 0 Å². The summed E-state index contributed by atoms with van der Waals surface area (Å²) in [6.45, 7) is 0. The van der Waals surface area contributed by atoms with E-state index in [1.54, 1.807) is 36.4 Å². The van der Waals surface area contributed by atoms with Crippen LogP contribution in [0.25, 0.3) is 10.8 Å². The highest BCUT2D eigenvalue weighted by Crippen LogP contribution is 2.33. The molecule has 102 valence electrons. The minimum Gasteiger partial charge on any atom is -0.454 e. The van der Waals surface area contributed by atoms with E-state index in [0.29, 0.717) is 22.1 Å². The molecule has 0 aliphatic rings. The molecule has 0 aliphatic carbocycles. The normalized spacial score (nSPS) is 10.3. The number of nitrogens with zero attached hydrogens (tertiary/aromatic N) is 1. The zero-order valence-corrected chi connectivity index (χ0v) is 10.8. The second-order valence-corrected chi connectivity index (χ2v) is 4.45. The number of ether oxygens (including phenoxy) is 1. The lowest BCUT2D eigenvalue weighted by Gasteiger charge is -2.10. The maximum atomic E-state index is 13.7. The summed E-state index contributed by atoms with van der Waals surface area (Å²) >= 11 is 0. The molecule has 3 rings (SSSR count). The first-order chi connectivity index (χ1) is 10.2. The van der Waals surface area contributed by atoms with Gasteiger partial charge in [0.2, 0.25) is 0 Å². The highest BCUT2D eigenvalue weighted by Gasteiger charge is 2.10. The Hall–Kier alpha value is -2.93. The Kier molecular flexibility index (Phi) is 3.25. The Balaban J connectivity index is 2.14. The molecular weight excluding hydrogens is 272 g/mol. The van der Waals surface area contributed by atoms with Gasteiger partial charge in [0.1, 0.15) is 11.6 Å². The minimum atomic E-state index is -0.648. The molecule has 0 radical (unpaired) electrons. The van der Waals surface area contributed by atoms with E-state index in [1.165, 1.54) is 0 Å². The number of fused-ring (bicyclic) bond motifs is 1. The largest absolute Gasteiger partial charge is 0.454 e. The summed E-state index contributed by atoms with van der Waals surface area (Å²) in [7, 11) is 0.